The van der Waals surface area contributed by atoms with Crippen molar-refractivity contribution in [3.8, 4) is 28.4 Å². The molecule has 0 unspecified atom stereocenters. The maximum Gasteiger partial charge on any atom is 0.248 e. The van der Waals surface area contributed by atoms with E-state index in [0.717, 1.165) is 11.1 Å². The van der Waals surface area contributed by atoms with Crippen LogP contribution < -0.4 is 35.6 Å². The number of hydrogen-bond donors (Lipinski definition) is 3. The van der Waals surface area contributed by atoms with Crippen LogP contribution in [0.3, 0.4) is 0 Å². The molecule has 3 aromatic rings. The molecule has 0 saturated heterocycles. The van der Waals surface area contributed by atoms with E-state index in [-0.39, 0.29) is 28.8 Å². The van der Waals surface area contributed by atoms with E-state index in [1.54, 1.807) is 44.7 Å². The molecular weight excluding hydrogens is 524 g/mol. The fraction of sp³-hybridized carbons (Fsp3) is 0.355. The lowest BCUT2D eigenvalue weighted by molar-refractivity contribution is -0.120. The van der Waals surface area contributed by atoms with E-state index in [1.807, 2.05) is 26.0 Å². The maximum atomic E-state index is 13.7. The smallest absolute Gasteiger partial charge is 0.248 e. The summed E-state index contributed by atoms with van der Waals surface area (Å²) in [6, 6.07) is 11.0. The van der Waals surface area contributed by atoms with Gasteiger partial charge in [0, 0.05) is 18.7 Å². The standard InChI is InChI=1S/C31H36N4O6/c1-17(2)28(31(38)35-26-9-7-8-14-32-26)34-23-13-11-20-21(16-24(23)37)22(33-18(3)36)12-10-19-15-25(39-4)29(40-5)30(41-6)27(19)20/h7-9,11,13-17,22,28H,10,12H2,1-6H3,(H,33,36)(H,34,37)(H,32,35,38)/t22-,28+/m1/s1. The van der Waals surface area contributed by atoms with Gasteiger partial charge in [-0.05, 0) is 65.8 Å². The van der Waals surface area contributed by atoms with Gasteiger partial charge in [-0.3, -0.25) is 14.4 Å². The normalized spacial score (nSPS) is 14.6. The van der Waals surface area contributed by atoms with E-state index in [0.29, 0.717) is 47.0 Å². The molecule has 1 aliphatic carbocycles. The highest BCUT2D eigenvalue weighted by Crippen LogP contribution is 2.50. The van der Waals surface area contributed by atoms with Gasteiger partial charge >= 0.3 is 0 Å². The lowest BCUT2D eigenvalue weighted by Gasteiger charge is -2.22. The first-order valence-corrected chi connectivity index (χ1v) is 13.4. The number of carbonyl (C=O) groups is 2. The second-order valence-corrected chi connectivity index (χ2v) is 10.2. The van der Waals surface area contributed by atoms with Crippen molar-refractivity contribution in [2.24, 2.45) is 5.92 Å². The third kappa shape index (κ3) is 6.26. The van der Waals surface area contributed by atoms with Gasteiger partial charge in [0.25, 0.3) is 0 Å². The van der Waals surface area contributed by atoms with Crippen molar-refractivity contribution in [1.29, 1.82) is 0 Å². The van der Waals surface area contributed by atoms with Crippen LogP contribution in [0.25, 0.3) is 11.1 Å². The number of hydrogen-bond acceptors (Lipinski definition) is 8. The van der Waals surface area contributed by atoms with Crippen molar-refractivity contribution < 1.29 is 23.8 Å². The molecule has 4 rings (SSSR count). The van der Waals surface area contributed by atoms with Crippen molar-refractivity contribution in [1.82, 2.24) is 10.3 Å². The molecule has 10 heteroatoms. The second-order valence-electron chi connectivity index (χ2n) is 10.2. The molecule has 10 nitrogen and oxygen atoms in total. The predicted molar refractivity (Wildman–Crippen MR) is 158 cm³/mol. The van der Waals surface area contributed by atoms with Crippen LogP contribution in [0.5, 0.6) is 17.2 Å². The minimum absolute atomic E-state index is 0.147. The summed E-state index contributed by atoms with van der Waals surface area (Å²) in [5.41, 5.74) is 2.95. The Kier molecular flexibility index (Phi) is 9.11. The van der Waals surface area contributed by atoms with E-state index in [2.05, 4.69) is 20.9 Å². The van der Waals surface area contributed by atoms with Crippen molar-refractivity contribution in [2.45, 2.75) is 45.7 Å². The van der Waals surface area contributed by atoms with E-state index in [4.69, 9.17) is 14.2 Å². The van der Waals surface area contributed by atoms with Crippen molar-refractivity contribution in [3.05, 3.63) is 70.0 Å². The highest BCUT2D eigenvalue weighted by atomic mass is 16.5. The summed E-state index contributed by atoms with van der Waals surface area (Å²) in [7, 11) is 4.65. The summed E-state index contributed by atoms with van der Waals surface area (Å²) < 4.78 is 17.1. The molecule has 0 saturated carbocycles. The zero-order chi connectivity index (χ0) is 29.7. The molecule has 2 aromatic carbocycles. The number of anilines is 2. The van der Waals surface area contributed by atoms with Gasteiger partial charge in [0.2, 0.25) is 23.0 Å². The first-order valence-electron chi connectivity index (χ1n) is 13.4. The number of benzene rings is 1. The number of nitrogens with one attached hydrogen (secondary N) is 3. The highest BCUT2D eigenvalue weighted by molar-refractivity contribution is 5.96. The first kappa shape index (κ1) is 29.4. The SMILES string of the molecule is COc1cc2c(c(OC)c1OC)-c1ccc(N[C@H](C(=O)Nc3ccccn3)C(C)C)c(=O)cc1[C@H](NC(C)=O)CC2. The Morgan fingerprint density at radius 3 is 2.37 bits per heavy atom. The maximum absolute atomic E-state index is 13.7. The first-order chi connectivity index (χ1) is 19.7. The Hall–Kier alpha value is -4.60. The summed E-state index contributed by atoms with van der Waals surface area (Å²) in [4.78, 5) is 43.2. The molecule has 1 heterocycles. The minimum Gasteiger partial charge on any atom is -0.493 e. The summed E-state index contributed by atoms with van der Waals surface area (Å²) >= 11 is 0. The molecule has 1 aromatic heterocycles. The van der Waals surface area contributed by atoms with Gasteiger partial charge in [-0.2, -0.15) is 0 Å². The summed E-state index contributed by atoms with van der Waals surface area (Å²) in [5.74, 6) is 1.16. The van der Waals surface area contributed by atoms with Gasteiger partial charge in [-0.25, -0.2) is 4.98 Å². The zero-order valence-corrected chi connectivity index (χ0v) is 24.2. The summed E-state index contributed by atoms with van der Waals surface area (Å²) in [6.45, 7) is 5.24. The molecule has 216 valence electrons. The van der Waals surface area contributed by atoms with Crippen LogP contribution >= 0.6 is 0 Å². The van der Waals surface area contributed by atoms with Gasteiger partial charge < -0.3 is 30.2 Å². The monoisotopic (exact) mass is 560 g/mol. The van der Waals surface area contributed by atoms with Crippen molar-refractivity contribution in [2.75, 3.05) is 32.0 Å². The number of methoxy groups -OCH3 is 3. The number of ether oxygens (including phenoxy) is 3. The second kappa shape index (κ2) is 12.7. The number of fused-ring (bicyclic) bond motifs is 3. The van der Waals surface area contributed by atoms with Crippen molar-refractivity contribution in [3.63, 3.8) is 0 Å². The van der Waals surface area contributed by atoms with Gasteiger partial charge in [-0.15, -0.1) is 0 Å². The van der Waals surface area contributed by atoms with E-state index >= 15 is 0 Å². The van der Waals surface area contributed by atoms with Crippen molar-refractivity contribution >= 4 is 23.3 Å². The van der Waals surface area contributed by atoms with Crippen LogP contribution in [-0.2, 0) is 16.0 Å². The van der Waals surface area contributed by atoms with Crippen LogP contribution in [-0.4, -0.2) is 44.2 Å². The number of carbonyl (C=O) groups excluding carboxylic acids is 2. The molecule has 0 aliphatic heterocycles. The number of aryl methyl sites for hydroxylation is 1. The molecule has 3 N–H and O–H groups in total. The molecule has 0 bridgehead atoms. The topological polar surface area (TPSA) is 128 Å². The fourth-order valence-corrected chi connectivity index (χ4v) is 5.17. The average molecular weight is 561 g/mol. The number of nitrogens with zero attached hydrogens (tertiary/aromatic N) is 1. The quantitative estimate of drug-likeness (QED) is 0.353. The number of rotatable bonds is 9. The van der Waals surface area contributed by atoms with Gasteiger partial charge in [0.1, 0.15) is 11.9 Å². The molecule has 1 aliphatic rings. The molecule has 41 heavy (non-hydrogen) atoms. The Bertz CT molecular complexity index is 1490. The highest BCUT2D eigenvalue weighted by Gasteiger charge is 2.30. The molecule has 0 spiro atoms. The van der Waals surface area contributed by atoms with E-state index < -0.39 is 12.1 Å². The third-order valence-corrected chi connectivity index (χ3v) is 7.09. The lowest BCUT2D eigenvalue weighted by Crippen LogP contribution is -2.40. The van der Waals surface area contributed by atoms with Gasteiger partial charge in [0.15, 0.2) is 11.5 Å². The van der Waals surface area contributed by atoms with Crippen LogP contribution in [0, 0.1) is 5.92 Å². The lowest BCUT2D eigenvalue weighted by atomic mass is 9.95. The van der Waals surface area contributed by atoms with E-state index in [9.17, 15) is 14.4 Å². The molecule has 0 fully saturated rings. The average Bonchev–Trinajstić information content (AvgIpc) is 3.19. The van der Waals surface area contributed by atoms with Crippen LogP contribution in [0.1, 0.15) is 44.4 Å². The fourth-order valence-electron chi connectivity index (χ4n) is 5.17. The summed E-state index contributed by atoms with van der Waals surface area (Å²) in [5, 5.41) is 8.97. The van der Waals surface area contributed by atoms with Crippen LogP contribution in [0.15, 0.2) is 53.5 Å². The van der Waals surface area contributed by atoms with E-state index in [1.165, 1.54) is 20.1 Å². The summed E-state index contributed by atoms with van der Waals surface area (Å²) in [6.07, 6.45) is 2.74. The Morgan fingerprint density at radius 2 is 1.76 bits per heavy atom. The largest absolute Gasteiger partial charge is 0.493 e. The molecular formula is C31H36N4O6. The number of aromatic nitrogens is 1. The number of amides is 2. The Balaban J connectivity index is 1.86. The molecule has 0 radical (unpaired) electrons. The van der Waals surface area contributed by atoms with Crippen LogP contribution in [0.2, 0.25) is 0 Å². The molecule has 2 amide bonds. The predicted octanol–water partition coefficient (Wildman–Crippen LogP) is 4.33. The van der Waals surface area contributed by atoms with Crippen LogP contribution in [0.4, 0.5) is 11.5 Å². The van der Waals surface area contributed by atoms with Gasteiger partial charge in [-0.1, -0.05) is 26.0 Å². The minimum atomic E-state index is -0.718. The number of pyridine rings is 1. The molecule has 2 atom stereocenters. The zero-order valence-electron chi connectivity index (χ0n) is 24.2. The third-order valence-electron chi connectivity index (χ3n) is 7.09. The Labute approximate surface area is 239 Å². The van der Waals surface area contributed by atoms with Gasteiger partial charge in [0.05, 0.1) is 33.1 Å². The Morgan fingerprint density at radius 1 is 1.00 bits per heavy atom.